The van der Waals surface area contributed by atoms with Gasteiger partial charge < -0.3 is 32.9 Å². The Morgan fingerprint density at radius 1 is 1.07 bits per heavy atom. The molecule has 9 N–H and O–H groups in total. The molecule has 3 amide bonds. The summed E-state index contributed by atoms with van der Waals surface area (Å²) in [5.41, 5.74) is 17.6. The molecule has 0 aromatic heterocycles. The summed E-state index contributed by atoms with van der Waals surface area (Å²) in [6.07, 6.45) is 0.00183. The molecule has 0 aliphatic rings. The lowest BCUT2D eigenvalue weighted by molar-refractivity contribution is -0.133. The second kappa shape index (κ2) is 11.3. The Balaban J connectivity index is 2.64. The van der Waals surface area contributed by atoms with Gasteiger partial charge in [0.05, 0.1) is 12.1 Å². The number of rotatable bonds is 11. The van der Waals surface area contributed by atoms with E-state index in [-0.39, 0.29) is 13.0 Å². The van der Waals surface area contributed by atoms with Crippen molar-refractivity contribution in [1.82, 2.24) is 10.6 Å². The van der Waals surface area contributed by atoms with Gasteiger partial charge in [-0.2, -0.15) is 0 Å². The van der Waals surface area contributed by atoms with Gasteiger partial charge in [-0.25, -0.2) is 0 Å². The summed E-state index contributed by atoms with van der Waals surface area (Å²) < 4.78 is 0. The number of hydrogen-bond acceptors (Lipinski definition) is 6. The predicted molar refractivity (Wildman–Crippen MR) is 101 cm³/mol. The minimum absolute atomic E-state index is 0.132. The zero-order valence-electron chi connectivity index (χ0n) is 15.4. The van der Waals surface area contributed by atoms with Crippen LogP contribution >= 0.6 is 0 Å². The Bertz CT molecular complexity index is 623. The number of aliphatic hydroxyl groups excluding tert-OH is 1. The summed E-state index contributed by atoms with van der Waals surface area (Å²) in [7, 11) is 0. The van der Waals surface area contributed by atoms with E-state index in [2.05, 4.69) is 10.6 Å². The molecule has 1 aromatic rings. The number of carbonyl (C=O) groups excluding carboxylic acids is 3. The molecular weight excluding hydrogens is 350 g/mol. The minimum atomic E-state index is -1.26. The van der Waals surface area contributed by atoms with Gasteiger partial charge in [-0.3, -0.25) is 14.4 Å². The number of primary amides is 1. The van der Waals surface area contributed by atoms with E-state index in [4.69, 9.17) is 17.2 Å². The number of nitrogens with one attached hydrogen (secondary N) is 2. The van der Waals surface area contributed by atoms with Crippen LogP contribution < -0.4 is 27.8 Å². The second-order valence-corrected chi connectivity index (χ2v) is 6.40. The SMILES string of the molecule is C[C@@H](O)[C@H](NC(=O)[C@H](CCN)NC(=O)[C@@H](N)CCc1ccccc1)C(N)=O. The fourth-order valence-corrected chi connectivity index (χ4v) is 2.50. The largest absolute Gasteiger partial charge is 0.391 e. The fourth-order valence-electron chi connectivity index (χ4n) is 2.50. The van der Waals surface area contributed by atoms with Gasteiger partial charge in [0, 0.05) is 0 Å². The first kappa shape index (κ1) is 22.6. The van der Waals surface area contributed by atoms with E-state index in [0.717, 1.165) is 5.56 Å². The van der Waals surface area contributed by atoms with Crippen LogP contribution in [0.5, 0.6) is 0 Å². The van der Waals surface area contributed by atoms with Crippen molar-refractivity contribution in [1.29, 1.82) is 0 Å². The molecule has 0 saturated heterocycles. The number of amides is 3. The topological polar surface area (TPSA) is 174 Å². The fraction of sp³-hybridized carbons (Fsp3) is 0.500. The molecule has 0 fully saturated rings. The third-order valence-corrected chi connectivity index (χ3v) is 4.10. The van der Waals surface area contributed by atoms with E-state index >= 15 is 0 Å². The number of hydrogen-bond donors (Lipinski definition) is 6. The molecule has 27 heavy (non-hydrogen) atoms. The standard InChI is InChI=1S/C18H29N5O4/c1-11(24)15(16(21)25)23-18(27)14(9-10-19)22-17(26)13(20)8-7-12-5-3-2-4-6-12/h2-6,11,13-15,24H,7-10,19-20H2,1H3,(H2,21,25)(H,22,26)(H,23,27)/t11-,13+,14+,15+/m1/s1. The van der Waals surface area contributed by atoms with E-state index < -0.39 is 42.0 Å². The number of benzene rings is 1. The third kappa shape index (κ3) is 7.73. The van der Waals surface area contributed by atoms with Crippen molar-refractivity contribution in [2.45, 2.75) is 50.4 Å². The summed E-state index contributed by atoms with van der Waals surface area (Å²) in [6, 6.07) is 6.54. The van der Waals surface area contributed by atoms with Crippen LogP contribution in [0, 0.1) is 0 Å². The van der Waals surface area contributed by atoms with Crippen molar-refractivity contribution in [3.05, 3.63) is 35.9 Å². The lowest BCUT2D eigenvalue weighted by Crippen LogP contribution is -2.58. The molecule has 0 aliphatic carbocycles. The molecule has 0 aliphatic heterocycles. The normalized spacial score (nSPS) is 15.3. The summed E-state index contributed by atoms with van der Waals surface area (Å²) >= 11 is 0. The van der Waals surface area contributed by atoms with Crippen molar-refractivity contribution in [3.63, 3.8) is 0 Å². The monoisotopic (exact) mass is 379 g/mol. The molecule has 0 heterocycles. The summed E-state index contributed by atoms with van der Waals surface area (Å²) in [5.74, 6) is -2.03. The lowest BCUT2D eigenvalue weighted by atomic mass is 10.0. The molecular formula is C18H29N5O4. The van der Waals surface area contributed by atoms with Gasteiger partial charge in [0.25, 0.3) is 0 Å². The molecule has 4 atom stereocenters. The van der Waals surface area contributed by atoms with Crippen molar-refractivity contribution in [2.24, 2.45) is 17.2 Å². The third-order valence-electron chi connectivity index (χ3n) is 4.10. The van der Waals surface area contributed by atoms with Gasteiger partial charge in [-0.05, 0) is 38.3 Å². The zero-order valence-corrected chi connectivity index (χ0v) is 15.4. The summed E-state index contributed by atoms with van der Waals surface area (Å²) in [5, 5.41) is 14.4. The van der Waals surface area contributed by atoms with E-state index in [1.807, 2.05) is 30.3 Å². The summed E-state index contributed by atoms with van der Waals surface area (Å²) in [4.78, 5) is 36.0. The van der Waals surface area contributed by atoms with E-state index in [0.29, 0.717) is 12.8 Å². The first-order valence-corrected chi connectivity index (χ1v) is 8.84. The van der Waals surface area contributed by atoms with Gasteiger partial charge in [-0.1, -0.05) is 30.3 Å². The molecule has 9 heteroatoms. The van der Waals surface area contributed by atoms with Crippen LogP contribution in [0.3, 0.4) is 0 Å². The Kier molecular flexibility index (Phi) is 9.41. The van der Waals surface area contributed by atoms with Gasteiger partial charge >= 0.3 is 0 Å². The maximum Gasteiger partial charge on any atom is 0.243 e. The zero-order chi connectivity index (χ0) is 20.4. The van der Waals surface area contributed by atoms with Crippen LogP contribution in [0.1, 0.15) is 25.3 Å². The number of nitrogens with two attached hydrogens (primary N) is 3. The maximum absolute atomic E-state index is 12.3. The van der Waals surface area contributed by atoms with Gasteiger partial charge in [0.1, 0.15) is 12.1 Å². The predicted octanol–water partition coefficient (Wildman–Crippen LogP) is -1.87. The lowest BCUT2D eigenvalue weighted by Gasteiger charge is -2.24. The van der Waals surface area contributed by atoms with Crippen molar-refractivity contribution in [2.75, 3.05) is 6.54 Å². The Hall–Kier alpha value is -2.49. The highest BCUT2D eigenvalue weighted by Gasteiger charge is 2.28. The number of aliphatic hydroxyl groups is 1. The minimum Gasteiger partial charge on any atom is -0.391 e. The smallest absolute Gasteiger partial charge is 0.243 e. The molecule has 0 unspecified atom stereocenters. The Morgan fingerprint density at radius 3 is 2.22 bits per heavy atom. The first-order valence-electron chi connectivity index (χ1n) is 8.84. The second-order valence-electron chi connectivity index (χ2n) is 6.40. The van der Waals surface area contributed by atoms with Crippen LogP contribution in [-0.2, 0) is 20.8 Å². The van der Waals surface area contributed by atoms with Gasteiger partial charge in [-0.15, -0.1) is 0 Å². The molecule has 0 radical (unpaired) electrons. The molecule has 9 nitrogen and oxygen atoms in total. The highest BCUT2D eigenvalue weighted by molar-refractivity contribution is 5.92. The Morgan fingerprint density at radius 2 is 1.70 bits per heavy atom. The highest BCUT2D eigenvalue weighted by atomic mass is 16.3. The number of carbonyl (C=O) groups is 3. The van der Waals surface area contributed by atoms with E-state index in [9.17, 15) is 19.5 Å². The molecule has 150 valence electrons. The van der Waals surface area contributed by atoms with Crippen molar-refractivity contribution in [3.8, 4) is 0 Å². The van der Waals surface area contributed by atoms with Crippen LogP contribution in [0.25, 0.3) is 0 Å². The number of aryl methyl sites for hydroxylation is 1. The summed E-state index contributed by atoms with van der Waals surface area (Å²) in [6.45, 7) is 1.46. The Labute approximate surface area is 158 Å². The molecule has 0 saturated carbocycles. The van der Waals surface area contributed by atoms with Gasteiger partial charge in [0.2, 0.25) is 17.7 Å². The highest BCUT2D eigenvalue weighted by Crippen LogP contribution is 2.05. The molecule has 0 bridgehead atoms. The van der Waals surface area contributed by atoms with Crippen molar-refractivity contribution >= 4 is 17.7 Å². The molecule has 0 spiro atoms. The van der Waals surface area contributed by atoms with Crippen LogP contribution in [0.4, 0.5) is 0 Å². The van der Waals surface area contributed by atoms with Gasteiger partial charge in [0.15, 0.2) is 0 Å². The average molecular weight is 379 g/mol. The van der Waals surface area contributed by atoms with E-state index in [1.54, 1.807) is 0 Å². The molecule has 1 rings (SSSR count). The quantitative estimate of drug-likeness (QED) is 0.263. The van der Waals surface area contributed by atoms with E-state index in [1.165, 1.54) is 6.92 Å². The average Bonchev–Trinajstić information content (AvgIpc) is 2.63. The molecule has 1 aromatic carbocycles. The van der Waals surface area contributed by atoms with Crippen LogP contribution in [0.15, 0.2) is 30.3 Å². The van der Waals surface area contributed by atoms with Crippen molar-refractivity contribution < 1.29 is 19.5 Å². The van der Waals surface area contributed by atoms with Crippen LogP contribution in [-0.4, -0.2) is 53.6 Å². The maximum atomic E-state index is 12.3. The van der Waals surface area contributed by atoms with Crippen LogP contribution in [0.2, 0.25) is 0 Å². The first-order chi connectivity index (χ1) is 12.8.